The SMILES string of the molecule is CC(=O)c1c(O)c(C)c(O)c2c1OC1=CC(=O)/C(=C(/C)NCCOc3ccc(Cl)cc3)C(=O)[C@]12C. The minimum absolute atomic E-state index is 0.00655. The van der Waals surface area contributed by atoms with Gasteiger partial charge in [0, 0.05) is 28.9 Å². The minimum Gasteiger partial charge on any atom is -0.507 e. The molecule has 2 aromatic carbocycles. The van der Waals surface area contributed by atoms with Crippen molar-refractivity contribution in [1.82, 2.24) is 5.32 Å². The van der Waals surface area contributed by atoms with Gasteiger partial charge < -0.3 is 25.0 Å². The van der Waals surface area contributed by atoms with E-state index in [0.717, 1.165) is 0 Å². The molecule has 3 N–H and O–H groups in total. The van der Waals surface area contributed by atoms with Crippen molar-refractivity contribution in [2.45, 2.75) is 33.1 Å². The lowest BCUT2D eigenvalue weighted by atomic mass is 9.70. The summed E-state index contributed by atoms with van der Waals surface area (Å²) < 4.78 is 11.4. The van der Waals surface area contributed by atoms with Gasteiger partial charge in [-0.1, -0.05) is 11.6 Å². The highest BCUT2D eigenvalue weighted by Crippen LogP contribution is 2.57. The molecule has 0 fully saturated rings. The molecule has 35 heavy (non-hydrogen) atoms. The Bertz CT molecular complexity index is 1340. The van der Waals surface area contributed by atoms with Crippen molar-refractivity contribution in [2.24, 2.45) is 0 Å². The number of phenols is 2. The van der Waals surface area contributed by atoms with E-state index in [-0.39, 0.29) is 46.1 Å². The van der Waals surface area contributed by atoms with Crippen molar-refractivity contribution < 1.29 is 34.1 Å². The second-order valence-corrected chi connectivity index (χ2v) is 9.05. The quantitative estimate of drug-likeness (QED) is 0.238. The minimum atomic E-state index is -1.55. The number of ether oxygens (including phenoxy) is 2. The molecule has 0 unspecified atom stereocenters. The number of hydrogen-bond acceptors (Lipinski definition) is 8. The predicted octanol–water partition coefficient (Wildman–Crippen LogP) is 3.89. The van der Waals surface area contributed by atoms with Gasteiger partial charge in [0.2, 0.25) is 0 Å². The smallest absolute Gasteiger partial charge is 0.194 e. The number of nitrogens with one attached hydrogen (secondary N) is 1. The second-order valence-electron chi connectivity index (χ2n) is 8.62. The molecule has 182 valence electrons. The maximum atomic E-state index is 13.7. The summed E-state index contributed by atoms with van der Waals surface area (Å²) in [6, 6.07) is 6.87. The Morgan fingerprint density at radius 2 is 1.80 bits per heavy atom. The highest BCUT2D eigenvalue weighted by atomic mass is 35.5. The third-order valence-corrected chi connectivity index (χ3v) is 6.59. The van der Waals surface area contributed by atoms with Gasteiger partial charge in [0.15, 0.2) is 17.3 Å². The Balaban J connectivity index is 1.66. The van der Waals surface area contributed by atoms with Crippen molar-refractivity contribution >= 4 is 29.0 Å². The maximum absolute atomic E-state index is 13.7. The molecule has 4 rings (SSSR count). The average molecular weight is 498 g/mol. The first-order valence-corrected chi connectivity index (χ1v) is 11.3. The summed E-state index contributed by atoms with van der Waals surface area (Å²) in [5.74, 6) is -1.94. The number of aromatic hydroxyl groups is 2. The third kappa shape index (κ3) is 3.83. The first-order valence-electron chi connectivity index (χ1n) is 10.9. The van der Waals surface area contributed by atoms with E-state index < -0.39 is 28.5 Å². The molecule has 0 amide bonds. The Labute approximate surface area is 206 Å². The molecule has 2 aromatic rings. The van der Waals surface area contributed by atoms with Crippen molar-refractivity contribution in [1.29, 1.82) is 0 Å². The Kier molecular flexibility index (Phi) is 6.11. The molecule has 0 spiro atoms. The third-order valence-electron chi connectivity index (χ3n) is 6.33. The number of Topliss-reactive ketones (excluding diaryl/α,β-unsaturated/α-hetero) is 2. The molecule has 1 heterocycles. The van der Waals surface area contributed by atoms with E-state index in [2.05, 4.69) is 5.32 Å². The number of rotatable bonds is 6. The zero-order valence-corrected chi connectivity index (χ0v) is 20.4. The topological polar surface area (TPSA) is 122 Å². The van der Waals surface area contributed by atoms with Crippen LogP contribution in [0.4, 0.5) is 0 Å². The van der Waals surface area contributed by atoms with Crippen molar-refractivity contribution in [3.8, 4) is 23.0 Å². The molecule has 0 saturated heterocycles. The summed E-state index contributed by atoms with van der Waals surface area (Å²) in [5.41, 5.74) is -1.34. The zero-order valence-electron chi connectivity index (χ0n) is 19.6. The lowest BCUT2D eigenvalue weighted by Crippen LogP contribution is -2.41. The van der Waals surface area contributed by atoms with Crippen LogP contribution in [0.5, 0.6) is 23.0 Å². The normalized spacial score (nSPS) is 20.0. The number of ketones is 3. The number of carbonyl (C=O) groups is 3. The van der Waals surface area contributed by atoms with Crippen molar-refractivity contribution in [2.75, 3.05) is 13.2 Å². The van der Waals surface area contributed by atoms with E-state index in [0.29, 0.717) is 23.0 Å². The zero-order chi connectivity index (χ0) is 25.7. The van der Waals surface area contributed by atoms with E-state index in [1.54, 1.807) is 31.2 Å². The van der Waals surface area contributed by atoms with Gasteiger partial charge in [0.25, 0.3) is 0 Å². The molecule has 0 aromatic heterocycles. The highest BCUT2D eigenvalue weighted by Gasteiger charge is 2.56. The summed E-state index contributed by atoms with van der Waals surface area (Å²) in [7, 11) is 0. The monoisotopic (exact) mass is 497 g/mol. The summed E-state index contributed by atoms with van der Waals surface area (Å²) in [6.07, 6.45) is 1.18. The molecule has 9 heteroatoms. The van der Waals surface area contributed by atoms with Gasteiger partial charge in [-0.3, -0.25) is 14.4 Å². The fraction of sp³-hybridized carbons (Fsp3) is 0.269. The van der Waals surface area contributed by atoms with Crippen LogP contribution in [-0.4, -0.2) is 40.7 Å². The van der Waals surface area contributed by atoms with Crippen LogP contribution in [0.15, 0.2) is 47.4 Å². The lowest BCUT2D eigenvalue weighted by molar-refractivity contribution is -0.123. The average Bonchev–Trinajstić information content (AvgIpc) is 3.09. The van der Waals surface area contributed by atoms with E-state index in [1.165, 1.54) is 26.8 Å². The number of hydrogen-bond donors (Lipinski definition) is 3. The van der Waals surface area contributed by atoms with Crippen LogP contribution in [0, 0.1) is 6.92 Å². The number of halogens is 1. The fourth-order valence-electron chi connectivity index (χ4n) is 4.39. The Morgan fingerprint density at radius 1 is 1.14 bits per heavy atom. The molecule has 0 bridgehead atoms. The largest absolute Gasteiger partial charge is 0.507 e. The first-order chi connectivity index (χ1) is 16.5. The van der Waals surface area contributed by atoms with Gasteiger partial charge in [-0.25, -0.2) is 0 Å². The molecular formula is C26H24ClNO7. The molecular weight excluding hydrogens is 474 g/mol. The van der Waals surface area contributed by atoms with Gasteiger partial charge in [0.1, 0.15) is 46.3 Å². The number of allylic oxidation sites excluding steroid dienone is 4. The predicted molar refractivity (Wildman–Crippen MR) is 128 cm³/mol. The Hall–Kier alpha value is -3.78. The van der Waals surface area contributed by atoms with E-state index in [4.69, 9.17) is 21.1 Å². The Morgan fingerprint density at radius 3 is 2.43 bits per heavy atom. The van der Waals surface area contributed by atoms with Crippen LogP contribution in [0.3, 0.4) is 0 Å². The summed E-state index contributed by atoms with van der Waals surface area (Å²) in [4.78, 5) is 38.9. The van der Waals surface area contributed by atoms with Crippen LogP contribution in [0.25, 0.3) is 0 Å². The number of phenolic OH excluding ortho intramolecular Hbond substituents is 2. The maximum Gasteiger partial charge on any atom is 0.194 e. The van der Waals surface area contributed by atoms with Crippen molar-refractivity contribution in [3.63, 3.8) is 0 Å². The molecule has 1 atom stereocenters. The van der Waals surface area contributed by atoms with Crippen molar-refractivity contribution in [3.05, 3.63) is 69.1 Å². The van der Waals surface area contributed by atoms with Crippen LogP contribution in [0.2, 0.25) is 5.02 Å². The van der Waals surface area contributed by atoms with Gasteiger partial charge >= 0.3 is 0 Å². The molecule has 2 aliphatic rings. The summed E-state index contributed by atoms with van der Waals surface area (Å²) in [5, 5.41) is 24.9. The van der Waals surface area contributed by atoms with Gasteiger partial charge in [-0.15, -0.1) is 0 Å². The number of carbonyl (C=O) groups excluding carboxylic acids is 3. The molecule has 8 nitrogen and oxygen atoms in total. The van der Waals surface area contributed by atoms with Gasteiger partial charge in [-0.2, -0.15) is 0 Å². The number of benzene rings is 2. The lowest BCUT2D eigenvalue weighted by Gasteiger charge is -2.29. The van der Waals surface area contributed by atoms with Crippen LogP contribution in [-0.2, 0) is 15.0 Å². The second kappa shape index (κ2) is 8.78. The van der Waals surface area contributed by atoms with Crippen LogP contribution < -0.4 is 14.8 Å². The molecule has 1 aliphatic heterocycles. The fourth-order valence-corrected chi connectivity index (χ4v) is 4.52. The van der Waals surface area contributed by atoms with Crippen LogP contribution >= 0.6 is 11.6 Å². The van der Waals surface area contributed by atoms with Crippen LogP contribution in [0.1, 0.15) is 42.3 Å². The summed E-state index contributed by atoms with van der Waals surface area (Å²) >= 11 is 5.86. The molecule has 0 saturated carbocycles. The van der Waals surface area contributed by atoms with E-state index in [9.17, 15) is 24.6 Å². The number of fused-ring (bicyclic) bond motifs is 3. The standard InChI is InChI=1S/C26H24ClNO7/c1-12-22(31)20(14(3)29)24-21(23(12)32)26(4)18(35-24)11-17(30)19(25(26)33)13(2)28-9-10-34-16-7-5-15(27)6-8-16/h5-8,11,28,31-32H,9-10H2,1-4H3/b19-13+/t26-/m1/s1. The summed E-state index contributed by atoms with van der Waals surface area (Å²) in [6.45, 7) is 6.38. The molecule has 1 aliphatic carbocycles. The van der Waals surface area contributed by atoms with E-state index in [1.807, 2.05) is 0 Å². The first kappa shape index (κ1) is 24.3. The van der Waals surface area contributed by atoms with Gasteiger partial charge in [0.05, 0.1) is 11.1 Å². The van der Waals surface area contributed by atoms with Gasteiger partial charge in [-0.05, 0) is 52.0 Å². The molecule has 0 radical (unpaired) electrons. The highest BCUT2D eigenvalue weighted by molar-refractivity contribution is 6.31. The van der Waals surface area contributed by atoms with E-state index >= 15 is 0 Å².